The third-order valence-corrected chi connectivity index (χ3v) is 4.10. The first kappa shape index (κ1) is 18.0. The van der Waals surface area contributed by atoms with Gasteiger partial charge in [-0.05, 0) is 17.7 Å². The molecule has 0 saturated carbocycles. The summed E-state index contributed by atoms with van der Waals surface area (Å²) in [5, 5.41) is 4.98. The Morgan fingerprint density at radius 1 is 1.08 bits per heavy atom. The minimum Gasteiger partial charge on any atom is -0.347 e. The molecule has 3 rings (SSSR count). The summed E-state index contributed by atoms with van der Waals surface area (Å²) in [7, 11) is 0. The van der Waals surface area contributed by atoms with E-state index in [4.69, 9.17) is 0 Å². The number of amides is 2. The lowest BCUT2D eigenvalue weighted by molar-refractivity contribution is -0.127. The van der Waals surface area contributed by atoms with Crippen molar-refractivity contribution in [1.82, 2.24) is 16.2 Å². The molecule has 0 bridgehead atoms. The molecule has 136 valence electrons. The monoisotopic (exact) mass is 360 g/mol. The highest BCUT2D eigenvalue weighted by Gasteiger charge is 2.33. The molecular formula is C18H18F2N4O2. The molecule has 1 heterocycles. The molecule has 2 aromatic rings. The first-order valence-corrected chi connectivity index (χ1v) is 8.10. The number of carbonyl (C=O) groups excluding carboxylic acids is 2. The quantitative estimate of drug-likeness (QED) is 0.651. The van der Waals surface area contributed by atoms with Gasteiger partial charge in [-0.25, -0.2) is 14.2 Å². The first-order valence-electron chi connectivity index (χ1n) is 8.10. The Balaban J connectivity index is 1.54. The van der Waals surface area contributed by atoms with E-state index < -0.39 is 17.5 Å². The fourth-order valence-electron chi connectivity index (χ4n) is 2.79. The fraction of sp³-hybridized carbons (Fsp3) is 0.222. The highest BCUT2D eigenvalue weighted by Crippen LogP contribution is 2.24. The predicted molar refractivity (Wildman–Crippen MR) is 91.8 cm³/mol. The lowest BCUT2D eigenvalue weighted by Gasteiger charge is -2.18. The zero-order valence-electron chi connectivity index (χ0n) is 13.8. The van der Waals surface area contributed by atoms with Gasteiger partial charge in [0.1, 0.15) is 0 Å². The number of hydrazine groups is 1. The van der Waals surface area contributed by atoms with Gasteiger partial charge in [0.15, 0.2) is 11.6 Å². The number of nitrogens with one attached hydrogen (secondary N) is 4. The minimum atomic E-state index is -1.05. The van der Waals surface area contributed by atoms with E-state index in [9.17, 15) is 18.4 Å². The predicted octanol–water partition coefficient (Wildman–Crippen LogP) is 1.48. The van der Waals surface area contributed by atoms with Crippen LogP contribution in [0.25, 0.3) is 0 Å². The lowest BCUT2D eigenvalue weighted by atomic mass is 9.94. The average molecular weight is 360 g/mol. The number of hydrogen-bond acceptors (Lipinski definition) is 4. The van der Waals surface area contributed by atoms with Crippen molar-refractivity contribution in [3.8, 4) is 0 Å². The molecule has 0 aliphatic carbocycles. The van der Waals surface area contributed by atoms with Crippen molar-refractivity contribution in [3.05, 3.63) is 65.7 Å². The molecule has 8 heteroatoms. The van der Waals surface area contributed by atoms with Crippen molar-refractivity contribution in [2.75, 3.05) is 18.4 Å². The molecule has 1 fully saturated rings. The zero-order valence-corrected chi connectivity index (χ0v) is 13.8. The molecule has 2 aromatic carbocycles. The van der Waals surface area contributed by atoms with Gasteiger partial charge >= 0.3 is 0 Å². The van der Waals surface area contributed by atoms with Crippen LogP contribution in [0.1, 0.15) is 11.6 Å². The third kappa shape index (κ3) is 4.22. The summed E-state index contributed by atoms with van der Waals surface area (Å²) in [6.45, 7) is 0.159. The Bertz CT molecular complexity index is 801. The molecule has 1 aliphatic rings. The van der Waals surface area contributed by atoms with Gasteiger partial charge in [0, 0.05) is 18.3 Å². The van der Waals surface area contributed by atoms with Crippen LogP contribution in [-0.2, 0) is 9.59 Å². The van der Waals surface area contributed by atoms with Crippen LogP contribution < -0.4 is 21.5 Å². The lowest BCUT2D eigenvalue weighted by Crippen LogP contribution is -2.39. The van der Waals surface area contributed by atoms with Crippen LogP contribution in [0.5, 0.6) is 0 Å². The van der Waals surface area contributed by atoms with Crippen LogP contribution in [-0.4, -0.2) is 24.9 Å². The van der Waals surface area contributed by atoms with Gasteiger partial charge in [0.25, 0.3) is 0 Å². The highest BCUT2D eigenvalue weighted by atomic mass is 19.2. The van der Waals surface area contributed by atoms with Crippen molar-refractivity contribution in [3.63, 3.8) is 0 Å². The Morgan fingerprint density at radius 3 is 2.58 bits per heavy atom. The van der Waals surface area contributed by atoms with E-state index in [2.05, 4.69) is 21.5 Å². The Kier molecular flexibility index (Phi) is 5.55. The summed E-state index contributed by atoms with van der Waals surface area (Å²) in [4.78, 5) is 24.3. The number of benzene rings is 2. The second-order valence-electron chi connectivity index (χ2n) is 5.91. The minimum absolute atomic E-state index is 0.120. The van der Waals surface area contributed by atoms with Crippen LogP contribution in [0.2, 0.25) is 0 Å². The maximum absolute atomic E-state index is 13.1. The molecule has 0 aromatic heterocycles. The average Bonchev–Trinajstić information content (AvgIpc) is 3.13. The number of carbonyl (C=O) groups is 2. The van der Waals surface area contributed by atoms with Crippen molar-refractivity contribution < 1.29 is 18.4 Å². The summed E-state index contributed by atoms with van der Waals surface area (Å²) in [6, 6.07) is 12.3. The van der Waals surface area contributed by atoms with Gasteiger partial charge in [-0.1, -0.05) is 30.3 Å². The second-order valence-corrected chi connectivity index (χ2v) is 5.91. The molecule has 1 aliphatic heterocycles. The van der Waals surface area contributed by atoms with Crippen molar-refractivity contribution in [2.24, 2.45) is 5.92 Å². The van der Waals surface area contributed by atoms with Crippen molar-refractivity contribution in [1.29, 1.82) is 0 Å². The van der Waals surface area contributed by atoms with Crippen molar-refractivity contribution in [2.45, 2.75) is 6.04 Å². The summed E-state index contributed by atoms with van der Waals surface area (Å²) in [5.74, 6) is -3.24. The molecule has 2 unspecified atom stereocenters. The SMILES string of the molecule is O=C(CNC(=O)C1CNNC1c1ccccc1)Nc1ccc(F)c(F)c1. The number of rotatable bonds is 5. The maximum Gasteiger partial charge on any atom is 0.243 e. The molecule has 0 radical (unpaired) electrons. The highest BCUT2D eigenvalue weighted by molar-refractivity contribution is 5.95. The van der Waals surface area contributed by atoms with Gasteiger partial charge in [-0.15, -0.1) is 0 Å². The molecule has 2 atom stereocenters. The van der Waals surface area contributed by atoms with Gasteiger partial charge in [0.2, 0.25) is 11.8 Å². The largest absolute Gasteiger partial charge is 0.347 e. The van der Waals surface area contributed by atoms with Crippen LogP contribution in [0.4, 0.5) is 14.5 Å². The molecule has 0 spiro atoms. The summed E-state index contributed by atoms with van der Waals surface area (Å²) >= 11 is 0. The Labute approximate surface area is 148 Å². The second kappa shape index (κ2) is 8.03. The number of hydrogen-bond donors (Lipinski definition) is 4. The standard InChI is InChI=1S/C18H18F2N4O2/c19-14-7-6-12(8-15(14)20)23-16(25)10-21-18(26)13-9-22-24-17(13)11-4-2-1-3-5-11/h1-8,13,17,22,24H,9-10H2,(H,21,26)(H,23,25). The smallest absolute Gasteiger partial charge is 0.243 e. The zero-order chi connectivity index (χ0) is 18.5. The molecular weight excluding hydrogens is 342 g/mol. The molecule has 6 nitrogen and oxygen atoms in total. The van der Waals surface area contributed by atoms with Gasteiger partial charge < -0.3 is 10.6 Å². The van der Waals surface area contributed by atoms with E-state index in [-0.39, 0.29) is 30.1 Å². The van der Waals surface area contributed by atoms with E-state index in [1.807, 2.05) is 30.3 Å². The summed E-state index contributed by atoms with van der Waals surface area (Å²) < 4.78 is 26.0. The van der Waals surface area contributed by atoms with E-state index in [1.54, 1.807) is 0 Å². The van der Waals surface area contributed by atoms with Crippen molar-refractivity contribution >= 4 is 17.5 Å². The van der Waals surface area contributed by atoms with Gasteiger partial charge in [0.05, 0.1) is 18.5 Å². The Morgan fingerprint density at radius 2 is 1.85 bits per heavy atom. The molecule has 1 saturated heterocycles. The topological polar surface area (TPSA) is 82.3 Å². The van der Waals surface area contributed by atoms with Crippen LogP contribution >= 0.6 is 0 Å². The van der Waals surface area contributed by atoms with Gasteiger partial charge in [-0.3, -0.25) is 15.0 Å². The van der Waals surface area contributed by atoms with E-state index in [0.717, 1.165) is 17.7 Å². The molecule has 26 heavy (non-hydrogen) atoms. The Hall–Kier alpha value is -2.84. The number of anilines is 1. The van der Waals surface area contributed by atoms with E-state index in [1.165, 1.54) is 6.07 Å². The van der Waals surface area contributed by atoms with Gasteiger partial charge in [-0.2, -0.15) is 0 Å². The normalized spacial score (nSPS) is 19.2. The summed E-state index contributed by atoms with van der Waals surface area (Å²) in [5.41, 5.74) is 7.09. The summed E-state index contributed by atoms with van der Waals surface area (Å²) in [6.07, 6.45) is 0. The van der Waals surface area contributed by atoms with E-state index in [0.29, 0.717) is 6.54 Å². The maximum atomic E-state index is 13.1. The van der Waals surface area contributed by atoms with Crippen LogP contribution in [0.3, 0.4) is 0 Å². The molecule has 2 amide bonds. The van der Waals surface area contributed by atoms with Crippen LogP contribution in [0, 0.1) is 17.6 Å². The first-order chi connectivity index (χ1) is 12.5. The third-order valence-electron chi connectivity index (χ3n) is 4.10. The fourth-order valence-corrected chi connectivity index (χ4v) is 2.79. The number of halogens is 2. The van der Waals surface area contributed by atoms with E-state index >= 15 is 0 Å². The van der Waals surface area contributed by atoms with Crippen LogP contribution in [0.15, 0.2) is 48.5 Å². The molecule has 4 N–H and O–H groups in total.